The van der Waals surface area contributed by atoms with Crippen LogP contribution in [-0.4, -0.2) is 15.9 Å². The number of furan rings is 1. The molecule has 1 radical (unpaired) electrons. The molecule has 48 heavy (non-hydrogen) atoms. The van der Waals surface area contributed by atoms with Gasteiger partial charge >= 0.3 is 0 Å². The van der Waals surface area contributed by atoms with Crippen molar-refractivity contribution in [2.75, 3.05) is 0 Å². The van der Waals surface area contributed by atoms with Crippen molar-refractivity contribution in [1.82, 2.24) is 4.98 Å². The number of aryl methyl sites for hydroxylation is 1. The Labute approximate surface area is 307 Å². The molecule has 4 aromatic heterocycles. The molecule has 0 unspecified atom stereocenters. The Morgan fingerprint density at radius 1 is 0.938 bits per heavy atom. The van der Waals surface area contributed by atoms with Crippen molar-refractivity contribution >= 4 is 70.6 Å². The Hall–Kier alpha value is -2.83. The monoisotopic (exact) mass is 859 g/mol. The molecule has 0 aliphatic heterocycles. The molecule has 2 aromatic carbocycles. The summed E-state index contributed by atoms with van der Waals surface area (Å²) in [7, 11) is 0. The van der Waals surface area contributed by atoms with E-state index in [0.29, 0.717) is 0 Å². The number of hydrogen-bond donors (Lipinski definition) is 1. The normalized spacial score (nSPS) is 12.8. The number of nitrogens with zero attached hydrogens (tertiary/aromatic N) is 1. The molecule has 1 N–H and O–H groups in total. The molecule has 4 nitrogen and oxygen atoms in total. The smallest absolute Gasteiger partial charge is 0.164 e. The van der Waals surface area contributed by atoms with Crippen LogP contribution in [0.3, 0.4) is 0 Å². The molecule has 0 bridgehead atoms. The molecule has 0 aliphatic carbocycles. The van der Waals surface area contributed by atoms with E-state index >= 15 is 0 Å². The molecule has 6 rings (SSSR count). The van der Waals surface area contributed by atoms with E-state index in [0.717, 1.165) is 64.3 Å². The van der Waals surface area contributed by atoms with E-state index in [9.17, 15) is 9.90 Å². The Balaban J connectivity index is 0.000000251. The zero-order chi connectivity index (χ0) is 34.3. The fourth-order valence-corrected chi connectivity index (χ4v) is 7.99. The molecule has 0 aliphatic rings. The van der Waals surface area contributed by atoms with Gasteiger partial charge in [-0.1, -0.05) is 73.4 Å². The number of rotatable bonds is 8. The minimum atomic E-state index is -0.337. The van der Waals surface area contributed by atoms with Gasteiger partial charge in [-0.25, -0.2) is 0 Å². The molecule has 257 valence electrons. The number of thiophene rings is 2. The molecule has 0 atom stereocenters. The Morgan fingerprint density at radius 2 is 1.60 bits per heavy atom. The van der Waals surface area contributed by atoms with E-state index in [2.05, 4.69) is 69.5 Å². The van der Waals surface area contributed by atoms with Crippen molar-refractivity contribution in [2.45, 2.75) is 100 Å². The number of allylic oxidation sites excluding steroid dienone is 2. The first kappa shape index (κ1) is 38.0. The third kappa shape index (κ3) is 7.21. The number of carbonyl (C=O) groups excluding carboxylic acids is 1. The third-order valence-corrected chi connectivity index (χ3v) is 12.2. The van der Waals surface area contributed by atoms with Gasteiger partial charge in [0, 0.05) is 69.3 Å². The quantitative estimate of drug-likeness (QED) is 0.0941. The van der Waals surface area contributed by atoms with Gasteiger partial charge in [0.15, 0.2) is 5.78 Å². The van der Waals surface area contributed by atoms with Gasteiger partial charge in [-0.2, -0.15) is 11.3 Å². The Morgan fingerprint density at radius 3 is 2.23 bits per heavy atom. The van der Waals surface area contributed by atoms with Crippen LogP contribution in [0, 0.1) is 23.8 Å². The maximum Gasteiger partial charge on any atom is 0.164 e. The van der Waals surface area contributed by atoms with Gasteiger partial charge in [0.25, 0.3) is 0 Å². The fourth-order valence-electron chi connectivity index (χ4n) is 5.97. The van der Waals surface area contributed by atoms with Crippen LogP contribution in [0.1, 0.15) is 98.4 Å². The van der Waals surface area contributed by atoms with Crippen LogP contribution in [0.25, 0.3) is 53.4 Å². The second-order valence-electron chi connectivity index (χ2n) is 14.3. The number of carbonyl (C=O) groups is 1. The summed E-state index contributed by atoms with van der Waals surface area (Å²) in [5.74, 6) is 0.286. The minimum Gasteiger partial charge on any atom is -0.512 e. The van der Waals surface area contributed by atoms with Gasteiger partial charge in [0.05, 0.1) is 0 Å². The van der Waals surface area contributed by atoms with Crippen molar-refractivity contribution < 1.29 is 34.4 Å². The van der Waals surface area contributed by atoms with Crippen molar-refractivity contribution in [1.29, 1.82) is 0 Å². The van der Waals surface area contributed by atoms with Crippen LogP contribution in [0.2, 0.25) is 0 Å². The molecule has 6 aromatic rings. The van der Waals surface area contributed by atoms with E-state index in [1.807, 2.05) is 65.1 Å². The maximum absolute atomic E-state index is 12.2. The van der Waals surface area contributed by atoms with Crippen LogP contribution < -0.4 is 0 Å². The number of aromatic nitrogens is 1. The first-order valence-electron chi connectivity index (χ1n) is 16.8. The predicted octanol–water partition coefficient (Wildman–Crippen LogP) is 13.1. The SMILES string of the molecule is CCC(C)(CC)C(=O)/C=C(\O)C(C)(CC)CC.Cc1cc2cc3oc4ccnc(-c5[c-]c6ccsc6c(C(C)(C)C)c5)c4c3cc2s1.[Ir]. The molecule has 0 saturated carbocycles. The van der Waals surface area contributed by atoms with Crippen LogP contribution >= 0.6 is 22.7 Å². The number of hydrogen-bond acceptors (Lipinski definition) is 6. The van der Waals surface area contributed by atoms with E-state index in [1.54, 1.807) is 11.3 Å². The Kier molecular flexibility index (Phi) is 11.5. The number of aliphatic hydroxyl groups excluding tert-OH is 1. The summed E-state index contributed by atoms with van der Waals surface area (Å²) in [6.45, 7) is 21.0. The summed E-state index contributed by atoms with van der Waals surface area (Å²) in [6.07, 6.45) is 6.60. The van der Waals surface area contributed by atoms with Crippen molar-refractivity contribution in [2.24, 2.45) is 10.8 Å². The number of pyridine rings is 1. The zero-order valence-electron chi connectivity index (χ0n) is 29.9. The third-order valence-electron chi connectivity index (χ3n) is 10.3. The molecular formula is C41H48IrNO3S2-. The molecule has 0 amide bonds. The molecule has 4 heterocycles. The molecule has 0 fully saturated rings. The average Bonchev–Trinajstić information content (AvgIpc) is 3.77. The average molecular weight is 859 g/mol. The fraction of sp³-hybridized carbons (Fsp3) is 0.415. The number of ketones is 1. The van der Waals surface area contributed by atoms with Crippen molar-refractivity contribution in [3.63, 3.8) is 0 Å². The summed E-state index contributed by atoms with van der Waals surface area (Å²) >= 11 is 3.61. The van der Waals surface area contributed by atoms with Gasteiger partial charge in [-0.15, -0.1) is 34.9 Å². The van der Waals surface area contributed by atoms with E-state index in [1.165, 1.54) is 31.3 Å². The van der Waals surface area contributed by atoms with Gasteiger partial charge in [0.2, 0.25) is 0 Å². The van der Waals surface area contributed by atoms with E-state index < -0.39 is 0 Å². The van der Waals surface area contributed by atoms with E-state index in [4.69, 9.17) is 9.40 Å². The summed E-state index contributed by atoms with van der Waals surface area (Å²) in [5.41, 5.74) is 4.54. The summed E-state index contributed by atoms with van der Waals surface area (Å²) in [6, 6.07) is 16.7. The topological polar surface area (TPSA) is 63.3 Å². The van der Waals surface area contributed by atoms with Crippen molar-refractivity contribution in [3.05, 3.63) is 76.3 Å². The van der Waals surface area contributed by atoms with Crippen molar-refractivity contribution in [3.8, 4) is 11.3 Å². The second-order valence-corrected chi connectivity index (χ2v) is 16.5. The predicted molar refractivity (Wildman–Crippen MR) is 203 cm³/mol. The van der Waals surface area contributed by atoms with Gasteiger partial charge in [-0.05, 0) is 77.8 Å². The van der Waals surface area contributed by atoms with E-state index in [-0.39, 0.29) is 47.9 Å². The first-order valence-corrected chi connectivity index (χ1v) is 18.5. The molecule has 7 heteroatoms. The summed E-state index contributed by atoms with van der Waals surface area (Å²) in [5, 5.41) is 16.9. The second kappa shape index (κ2) is 14.6. The van der Waals surface area contributed by atoms with Gasteiger partial charge in [0.1, 0.15) is 16.9 Å². The van der Waals surface area contributed by atoms with Gasteiger partial charge < -0.3 is 9.52 Å². The Bertz CT molecular complexity index is 2100. The van der Waals surface area contributed by atoms with Gasteiger partial charge in [-0.3, -0.25) is 9.78 Å². The molecular weight excluding hydrogens is 811 g/mol. The molecule has 0 saturated heterocycles. The molecule has 0 spiro atoms. The van der Waals surface area contributed by atoms with Crippen LogP contribution in [0.5, 0.6) is 0 Å². The summed E-state index contributed by atoms with van der Waals surface area (Å²) < 4.78 is 8.85. The number of benzene rings is 2. The zero-order valence-corrected chi connectivity index (χ0v) is 33.9. The number of aliphatic hydroxyl groups is 1. The van der Waals surface area contributed by atoms with Crippen LogP contribution in [-0.2, 0) is 30.3 Å². The summed E-state index contributed by atoms with van der Waals surface area (Å²) in [4.78, 5) is 18.3. The number of fused-ring (bicyclic) bond motifs is 5. The van der Waals surface area contributed by atoms with Crippen LogP contribution in [0.4, 0.5) is 0 Å². The maximum atomic E-state index is 12.2. The minimum absolute atomic E-state index is 0. The standard InChI is InChI=1S/C26H20NOS2.C15H28O2.Ir/c1-14-9-16-12-21-18(13-22(16)30-14)23-20(28-21)5-7-27-24(23)17-10-15-6-8-29-25(15)19(11-17)26(2,3)4;1-7-14(5,8-2)12(16)11-13(17)15(6,9-3)10-4;/h5-9,11-13H,1-4H3;11,16H,7-10H2,1-6H3;/q-1;;/b;12-11-;. The largest absolute Gasteiger partial charge is 0.512 e. The first-order chi connectivity index (χ1) is 22.2. The van der Waals surface area contributed by atoms with Crippen LogP contribution in [0.15, 0.2) is 64.2 Å².